The van der Waals surface area contributed by atoms with Crippen LogP contribution < -0.4 is 5.56 Å². The van der Waals surface area contributed by atoms with E-state index in [1.54, 1.807) is 0 Å². The Morgan fingerprint density at radius 1 is 1.35 bits per heavy atom. The molecule has 2 rings (SSSR count). The summed E-state index contributed by atoms with van der Waals surface area (Å²) in [7, 11) is 0. The highest BCUT2D eigenvalue weighted by Gasteiger charge is 2.06. The van der Waals surface area contributed by atoms with Gasteiger partial charge in [0.25, 0.3) is 5.56 Å². The summed E-state index contributed by atoms with van der Waals surface area (Å²) in [6, 6.07) is 7.67. The molecule has 0 saturated carbocycles. The number of nitrogens with one attached hydrogen (secondary N) is 1. The Kier molecular flexibility index (Phi) is 3.15. The molecule has 1 aromatic heterocycles. The maximum atomic E-state index is 11.8. The quantitative estimate of drug-likeness (QED) is 0.759. The molecule has 0 aliphatic rings. The summed E-state index contributed by atoms with van der Waals surface area (Å²) in [5.74, 6) is 2.76. The fourth-order valence-corrected chi connectivity index (χ4v) is 1.72. The lowest BCUT2D eigenvalue weighted by Crippen LogP contribution is -2.12. The molecule has 0 spiro atoms. The molecule has 3 nitrogen and oxygen atoms in total. The van der Waals surface area contributed by atoms with Crippen LogP contribution in [0, 0.1) is 19.0 Å². The van der Waals surface area contributed by atoms with Crippen molar-refractivity contribution in [2.45, 2.75) is 13.8 Å². The van der Waals surface area contributed by atoms with Gasteiger partial charge in [-0.15, -0.1) is 0 Å². The van der Waals surface area contributed by atoms with Crippen LogP contribution in [0.3, 0.4) is 0 Å². The average Bonchev–Trinajstić information content (AvgIpc) is 2.33. The summed E-state index contributed by atoms with van der Waals surface area (Å²) in [4.78, 5) is 14.6. The van der Waals surface area contributed by atoms with E-state index in [0.29, 0.717) is 12.2 Å². The van der Waals surface area contributed by atoms with Crippen LogP contribution in [0.4, 0.5) is 0 Å². The predicted octanol–water partition coefficient (Wildman–Crippen LogP) is 2.18. The minimum Gasteiger partial charge on any atom is -0.447 e. The molecule has 0 radical (unpaired) electrons. The summed E-state index contributed by atoms with van der Waals surface area (Å²) in [6.07, 6.45) is 2.53. The number of aromatic nitrogens is 1. The number of rotatable bonds is 1. The van der Waals surface area contributed by atoms with Gasteiger partial charge in [-0.25, -0.2) is 0 Å². The van der Waals surface area contributed by atoms with Crippen molar-refractivity contribution >= 4 is 10.9 Å². The van der Waals surface area contributed by atoms with Crippen molar-refractivity contribution < 1.29 is 4.74 Å². The standard InChI is InChI=1S/C14H13NO2/c1-3-17-9-8-12-10(2)11-6-4-5-7-13(11)15-14(12)16/h4-7H,3H2,1-2H3,(H,15,16). The zero-order valence-electron chi connectivity index (χ0n) is 9.83. The number of hydrogen-bond acceptors (Lipinski definition) is 2. The summed E-state index contributed by atoms with van der Waals surface area (Å²) in [5, 5.41) is 1.01. The Labute approximate surface area is 99.4 Å². The maximum absolute atomic E-state index is 11.8. The molecule has 1 heterocycles. The van der Waals surface area contributed by atoms with Crippen LogP contribution >= 0.6 is 0 Å². The minimum absolute atomic E-state index is 0.173. The molecule has 3 heteroatoms. The largest absolute Gasteiger partial charge is 0.447 e. The Morgan fingerprint density at radius 2 is 2.12 bits per heavy atom. The van der Waals surface area contributed by atoms with Crippen LogP contribution in [-0.4, -0.2) is 11.6 Å². The van der Waals surface area contributed by atoms with Crippen LogP contribution in [0.2, 0.25) is 0 Å². The Morgan fingerprint density at radius 3 is 2.88 bits per heavy atom. The second-order valence-corrected chi connectivity index (χ2v) is 3.66. The summed E-state index contributed by atoms with van der Waals surface area (Å²) in [5.41, 5.74) is 2.01. The number of aryl methyl sites for hydroxylation is 1. The van der Waals surface area contributed by atoms with E-state index in [0.717, 1.165) is 16.5 Å². The first kappa shape index (κ1) is 11.3. The Balaban J connectivity index is 2.65. The lowest BCUT2D eigenvalue weighted by Gasteiger charge is -2.03. The second-order valence-electron chi connectivity index (χ2n) is 3.66. The molecular weight excluding hydrogens is 214 g/mol. The molecule has 1 aromatic carbocycles. The average molecular weight is 227 g/mol. The van der Waals surface area contributed by atoms with Crippen LogP contribution in [0.25, 0.3) is 10.9 Å². The van der Waals surface area contributed by atoms with E-state index in [2.05, 4.69) is 17.0 Å². The molecule has 0 fully saturated rings. The summed E-state index contributed by atoms with van der Waals surface area (Å²) in [6.45, 7) is 4.26. The lowest BCUT2D eigenvalue weighted by atomic mass is 10.1. The van der Waals surface area contributed by atoms with Crippen molar-refractivity contribution in [3.8, 4) is 12.0 Å². The van der Waals surface area contributed by atoms with Gasteiger partial charge in [0.1, 0.15) is 6.11 Å². The molecule has 0 saturated heterocycles. The van der Waals surface area contributed by atoms with Gasteiger partial charge in [-0.3, -0.25) is 4.79 Å². The minimum atomic E-state index is -0.173. The van der Waals surface area contributed by atoms with E-state index in [1.807, 2.05) is 38.1 Å². The summed E-state index contributed by atoms with van der Waals surface area (Å²) >= 11 is 0. The predicted molar refractivity (Wildman–Crippen MR) is 67.8 cm³/mol. The lowest BCUT2D eigenvalue weighted by molar-refractivity contribution is 0.299. The van der Waals surface area contributed by atoms with Gasteiger partial charge in [-0.2, -0.15) is 0 Å². The highest BCUT2D eigenvalue weighted by molar-refractivity contribution is 5.83. The van der Waals surface area contributed by atoms with Gasteiger partial charge in [0.15, 0.2) is 0 Å². The van der Waals surface area contributed by atoms with Crippen molar-refractivity contribution in [2.24, 2.45) is 0 Å². The third kappa shape index (κ3) is 2.16. The maximum Gasteiger partial charge on any atom is 0.264 e. The molecule has 1 N–H and O–H groups in total. The van der Waals surface area contributed by atoms with Crippen LogP contribution in [0.15, 0.2) is 29.1 Å². The number of para-hydroxylation sites is 1. The van der Waals surface area contributed by atoms with E-state index in [1.165, 1.54) is 0 Å². The number of H-pyrrole nitrogens is 1. The van der Waals surface area contributed by atoms with E-state index < -0.39 is 0 Å². The van der Waals surface area contributed by atoms with Gasteiger partial charge >= 0.3 is 0 Å². The van der Waals surface area contributed by atoms with Gasteiger partial charge in [-0.05, 0) is 31.4 Å². The summed E-state index contributed by atoms with van der Waals surface area (Å²) < 4.78 is 4.95. The smallest absolute Gasteiger partial charge is 0.264 e. The fraction of sp³-hybridized carbons (Fsp3) is 0.214. The molecule has 0 aliphatic carbocycles. The molecule has 0 bridgehead atoms. The van der Waals surface area contributed by atoms with Crippen molar-refractivity contribution in [3.05, 3.63) is 45.7 Å². The molecule has 0 aliphatic heterocycles. The number of pyridine rings is 1. The first-order valence-corrected chi connectivity index (χ1v) is 5.48. The van der Waals surface area contributed by atoms with Gasteiger partial charge in [0.05, 0.1) is 12.2 Å². The van der Waals surface area contributed by atoms with Crippen molar-refractivity contribution in [1.29, 1.82) is 0 Å². The SMILES string of the molecule is CCOC#Cc1c(C)c2ccccc2[nH]c1=O. The fourth-order valence-electron chi connectivity index (χ4n) is 1.72. The number of ether oxygens (including phenoxy) is 1. The normalized spacial score (nSPS) is 9.76. The molecule has 0 unspecified atom stereocenters. The molecular formula is C14H13NO2. The zero-order chi connectivity index (χ0) is 12.3. The molecule has 0 atom stereocenters. The van der Waals surface area contributed by atoms with Crippen molar-refractivity contribution in [1.82, 2.24) is 4.98 Å². The molecule has 86 valence electrons. The van der Waals surface area contributed by atoms with Gasteiger partial charge in [-0.1, -0.05) is 18.2 Å². The van der Waals surface area contributed by atoms with Gasteiger partial charge in [0.2, 0.25) is 0 Å². The van der Waals surface area contributed by atoms with Crippen molar-refractivity contribution in [2.75, 3.05) is 6.61 Å². The molecule has 2 aromatic rings. The molecule has 0 amide bonds. The van der Waals surface area contributed by atoms with Crippen LogP contribution in [0.5, 0.6) is 0 Å². The first-order valence-electron chi connectivity index (χ1n) is 5.48. The Hall–Kier alpha value is -2.21. The van der Waals surface area contributed by atoms with E-state index in [9.17, 15) is 4.79 Å². The third-order valence-electron chi connectivity index (χ3n) is 2.57. The number of fused-ring (bicyclic) bond motifs is 1. The van der Waals surface area contributed by atoms with E-state index in [4.69, 9.17) is 4.74 Å². The van der Waals surface area contributed by atoms with Crippen LogP contribution in [0.1, 0.15) is 18.1 Å². The third-order valence-corrected chi connectivity index (χ3v) is 2.57. The number of aromatic amines is 1. The highest BCUT2D eigenvalue weighted by atomic mass is 16.5. The van der Waals surface area contributed by atoms with Gasteiger partial charge in [0, 0.05) is 10.9 Å². The van der Waals surface area contributed by atoms with E-state index >= 15 is 0 Å². The van der Waals surface area contributed by atoms with Gasteiger partial charge < -0.3 is 9.72 Å². The molecule has 17 heavy (non-hydrogen) atoms. The van der Waals surface area contributed by atoms with E-state index in [-0.39, 0.29) is 5.56 Å². The number of benzene rings is 1. The topological polar surface area (TPSA) is 42.1 Å². The number of hydrogen-bond donors (Lipinski definition) is 1. The monoisotopic (exact) mass is 227 g/mol. The van der Waals surface area contributed by atoms with Crippen molar-refractivity contribution in [3.63, 3.8) is 0 Å². The zero-order valence-corrected chi connectivity index (χ0v) is 9.83. The first-order chi connectivity index (χ1) is 8.24. The van der Waals surface area contributed by atoms with Crippen LogP contribution in [-0.2, 0) is 4.74 Å². The Bertz CT molecular complexity index is 659. The highest BCUT2D eigenvalue weighted by Crippen LogP contribution is 2.15. The second kappa shape index (κ2) is 4.75.